The molecule has 0 aromatic heterocycles. The summed E-state index contributed by atoms with van der Waals surface area (Å²) < 4.78 is 5.23. The predicted octanol–water partition coefficient (Wildman–Crippen LogP) is 3.00. The summed E-state index contributed by atoms with van der Waals surface area (Å²) in [4.78, 5) is 0. The summed E-state index contributed by atoms with van der Waals surface area (Å²) in [6.45, 7) is 7.14. The van der Waals surface area contributed by atoms with E-state index in [4.69, 9.17) is 4.74 Å². The third kappa shape index (κ3) is 8.44. The van der Waals surface area contributed by atoms with E-state index in [9.17, 15) is 0 Å². The lowest BCUT2D eigenvalue weighted by molar-refractivity contribution is 0.180. The van der Waals surface area contributed by atoms with Gasteiger partial charge in [-0.25, -0.2) is 0 Å². The van der Waals surface area contributed by atoms with Crippen LogP contribution in [0.15, 0.2) is 0 Å². The van der Waals surface area contributed by atoms with Gasteiger partial charge in [0, 0.05) is 11.9 Å². The van der Waals surface area contributed by atoms with Gasteiger partial charge in [0.1, 0.15) is 0 Å². The molecule has 0 saturated carbocycles. The number of ether oxygens (including phenoxy) is 1. The molecule has 0 fully saturated rings. The minimum absolute atomic E-state index is 0.748. The molecule has 0 aliphatic carbocycles. The van der Waals surface area contributed by atoms with Crippen LogP contribution in [-0.4, -0.2) is 11.9 Å². The van der Waals surface area contributed by atoms with Crippen LogP contribution in [0.1, 0.15) is 26.7 Å². The quantitative estimate of drug-likeness (QED) is 0.481. The van der Waals surface area contributed by atoms with Crippen molar-refractivity contribution in [1.29, 1.82) is 0 Å². The second-order valence-corrected chi connectivity index (χ2v) is 3.49. The van der Waals surface area contributed by atoms with E-state index in [0.29, 0.717) is 0 Å². The third-order valence-electron chi connectivity index (χ3n) is 1.16. The monoisotopic (exact) mass is 207 g/mol. The first-order valence-corrected chi connectivity index (χ1v) is 4.88. The van der Waals surface area contributed by atoms with Gasteiger partial charge in [0.15, 0.2) is 0 Å². The molecule has 0 heterocycles. The molecule has 0 amide bonds. The molecular weight excluding hydrogens is 192 g/mol. The first kappa shape index (κ1) is 10.4. The standard InChI is InChI=1S/C8H16BrO/c1-8(2)4-7-10-6-3-5-9/h6,8H,3-5,7H2,1-2H3. The van der Waals surface area contributed by atoms with Crippen LogP contribution in [-0.2, 0) is 4.74 Å². The van der Waals surface area contributed by atoms with Crippen molar-refractivity contribution in [3.63, 3.8) is 0 Å². The van der Waals surface area contributed by atoms with Crippen molar-refractivity contribution in [3.05, 3.63) is 6.61 Å². The summed E-state index contributed by atoms with van der Waals surface area (Å²) in [5.41, 5.74) is 0. The normalized spacial score (nSPS) is 10.8. The number of hydrogen-bond acceptors (Lipinski definition) is 1. The van der Waals surface area contributed by atoms with Crippen LogP contribution in [0, 0.1) is 12.5 Å². The molecule has 10 heavy (non-hydrogen) atoms. The van der Waals surface area contributed by atoms with Gasteiger partial charge in [0.2, 0.25) is 0 Å². The highest BCUT2D eigenvalue weighted by molar-refractivity contribution is 9.09. The van der Waals surface area contributed by atoms with E-state index in [2.05, 4.69) is 29.8 Å². The molecule has 1 radical (unpaired) electrons. The Hall–Kier alpha value is 0.440. The lowest BCUT2D eigenvalue weighted by Crippen LogP contribution is -1.96. The first-order valence-electron chi connectivity index (χ1n) is 3.76. The van der Waals surface area contributed by atoms with Crippen LogP contribution >= 0.6 is 15.9 Å². The zero-order chi connectivity index (χ0) is 7.82. The van der Waals surface area contributed by atoms with Crippen LogP contribution in [0.4, 0.5) is 0 Å². The largest absolute Gasteiger partial charge is 0.375 e. The summed E-state index contributed by atoms with van der Waals surface area (Å²) in [7, 11) is 0. The Morgan fingerprint density at radius 2 is 2.20 bits per heavy atom. The zero-order valence-electron chi connectivity index (χ0n) is 6.77. The highest BCUT2D eigenvalue weighted by Crippen LogP contribution is 2.01. The summed E-state index contributed by atoms with van der Waals surface area (Å²) in [6.07, 6.45) is 2.15. The summed E-state index contributed by atoms with van der Waals surface area (Å²) in [5, 5.41) is 0.995. The van der Waals surface area contributed by atoms with E-state index >= 15 is 0 Å². The van der Waals surface area contributed by atoms with Gasteiger partial charge in [-0.1, -0.05) is 29.8 Å². The van der Waals surface area contributed by atoms with E-state index in [-0.39, 0.29) is 0 Å². The zero-order valence-corrected chi connectivity index (χ0v) is 8.36. The SMILES string of the molecule is CC(C)CCO[CH]CCBr. The van der Waals surface area contributed by atoms with Crippen LogP contribution in [0.25, 0.3) is 0 Å². The average Bonchev–Trinajstić information content (AvgIpc) is 1.87. The fourth-order valence-electron chi connectivity index (χ4n) is 0.515. The molecule has 0 aliphatic rings. The molecule has 0 aliphatic heterocycles. The number of alkyl halides is 1. The van der Waals surface area contributed by atoms with Gasteiger partial charge in [-0.3, -0.25) is 0 Å². The van der Waals surface area contributed by atoms with Crippen molar-refractivity contribution in [2.75, 3.05) is 11.9 Å². The molecule has 0 spiro atoms. The Kier molecular flexibility index (Phi) is 7.88. The maximum Gasteiger partial charge on any atom is 0.0844 e. The molecular formula is C8H16BrO. The van der Waals surface area contributed by atoms with E-state index in [1.807, 2.05) is 6.61 Å². The Morgan fingerprint density at radius 3 is 2.70 bits per heavy atom. The predicted molar refractivity (Wildman–Crippen MR) is 48.1 cm³/mol. The Labute approximate surface area is 72.3 Å². The highest BCUT2D eigenvalue weighted by Gasteiger charge is 1.93. The Bertz CT molecular complexity index is 64.3. The van der Waals surface area contributed by atoms with Crippen molar-refractivity contribution in [2.45, 2.75) is 26.7 Å². The Balaban J connectivity index is 2.77. The smallest absolute Gasteiger partial charge is 0.0844 e. The molecule has 0 aromatic rings. The molecule has 0 rings (SSSR count). The lowest BCUT2D eigenvalue weighted by Gasteiger charge is -2.03. The van der Waals surface area contributed by atoms with Crippen LogP contribution in [0.2, 0.25) is 0 Å². The van der Waals surface area contributed by atoms with Crippen LogP contribution in [0.3, 0.4) is 0 Å². The first-order chi connectivity index (χ1) is 4.77. The van der Waals surface area contributed by atoms with E-state index in [1.165, 1.54) is 0 Å². The highest BCUT2D eigenvalue weighted by atomic mass is 79.9. The fraction of sp³-hybridized carbons (Fsp3) is 0.875. The molecule has 0 N–H and O–H groups in total. The molecule has 2 heteroatoms. The summed E-state index contributed by atoms with van der Waals surface area (Å²) in [5.74, 6) is 0.748. The fourth-order valence-corrected chi connectivity index (χ4v) is 0.702. The maximum absolute atomic E-state index is 5.23. The minimum Gasteiger partial charge on any atom is -0.375 e. The second-order valence-electron chi connectivity index (χ2n) is 2.70. The summed E-state index contributed by atoms with van der Waals surface area (Å²) in [6, 6.07) is 0. The number of rotatable bonds is 6. The van der Waals surface area contributed by atoms with E-state index < -0.39 is 0 Å². The third-order valence-corrected chi connectivity index (χ3v) is 1.62. The van der Waals surface area contributed by atoms with Gasteiger partial charge in [-0.15, -0.1) is 0 Å². The minimum atomic E-state index is 0.748. The van der Waals surface area contributed by atoms with Crippen LogP contribution < -0.4 is 0 Å². The van der Waals surface area contributed by atoms with Gasteiger partial charge in [0.05, 0.1) is 6.61 Å². The Morgan fingerprint density at radius 1 is 1.50 bits per heavy atom. The van der Waals surface area contributed by atoms with Gasteiger partial charge in [-0.05, 0) is 18.8 Å². The van der Waals surface area contributed by atoms with Crippen molar-refractivity contribution in [2.24, 2.45) is 5.92 Å². The summed E-state index contributed by atoms with van der Waals surface area (Å²) >= 11 is 3.32. The molecule has 61 valence electrons. The molecule has 0 atom stereocenters. The van der Waals surface area contributed by atoms with Gasteiger partial charge in [-0.2, -0.15) is 0 Å². The molecule has 1 nitrogen and oxygen atoms in total. The van der Waals surface area contributed by atoms with Crippen LogP contribution in [0.5, 0.6) is 0 Å². The molecule has 0 aromatic carbocycles. The number of hydrogen-bond donors (Lipinski definition) is 0. The van der Waals surface area contributed by atoms with Gasteiger partial charge in [0.25, 0.3) is 0 Å². The van der Waals surface area contributed by atoms with Crippen molar-refractivity contribution in [1.82, 2.24) is 0 Å². The van der Waals surface area contributed by atoms with Crippen molar-refractivity contribution < 1.29 is 4.74 Å². The lowest BCUT2D eigenvalue weighted by atomic mass is 10.1. The van der Waals surface area contributed by atoms with Gasteiger partial charge < -0.3 is 4.74 Å². The maximum atomic E-state index is 5.23. The molecule has 0 saturated heterocycles. The second kappa shape index (κ2) is 7.55. The topological polar surface area (TPSA) is 9.23 Å². The average molecular weight is 208 g/mol. The van der Waals surface area contributed by atoms with E-state index in [0.717, 1.165) is 30.7 Å². The number of halogens is 1. The van der Waals surface area contributed by atoms with Gasteiger partial charge >= 0.3 is 0 Å². The van der Waals surface area contributed by atoms with E-state index in [1.54, 1.807) is 0 Å². The van der Waals surface area contributed by atoms with Crippen molar-refractivity contribution in [3.8, 4) is 0 Å². The molecule has 0 unspecified atom stereocenters. The van der Waals surface area contributed by atoms with Crippen molar-refractivity contribution >= 4 is 15.9 Å². The molecule has 0 bridgehead atoms.